The van der Waals surface area contributed by atoms with Gasteiger partial charge in [0.25, 0.3) is 0 Å². The fourth-order valence-corrected chi connectivity index (χ4v) is 1.42. The summed E-state index contributed by atoms with van der Waals surface area (Å²) in [4.78, 5) is 3.98. The van der Waals surface area contributed by atoms with Crippen molar-refractivity contribution in [2.75, 3.05) is 0 Å². The lowest BCUT2D eigenvalue weighted by Gasteiger charge is -2.00. The van der Waals surface area contributed by atoms with Crippen LogP contribution in [0.25, 0.3) is 0 Å². The van der Waals surface area contributed by atoms with Crippen molar-refractivity contribution in [1.29, 1.82) is 5.41 Å². The lowest BCUT2D eigenvalue weighted by Crippen LogP contribution is -2.01. The molecule has 0 fully saturated rings. The maximum Gasteiger partial charge on any atom is 0.0778 e. The first-order chi connectivity index (χ1) is 8.77. The lowest BCUT2D eigenvalue weighted by molar-refractivity contribution is 1.31. The van der Waals surface area contributed by atoms with Gasteiger partial charge in [-0.2, -0.15) is 0 Å². The summed E-state index contributed by atoms with van der Waals surface area (Å²) < 4.78 is 0. The van der Waals surface area contributed by atoms with Gasteiger partial charge in [0.15, 0.2) is 0 Å². The minimum absolute atomic E-state index is 0.312. The number of hydrogen-bond acceptors (Lipinski definition) is 2. The van der Waals surface area contributed by atoms with Gasteiger partial charge in [-0.1, -0.05) is 36.6 Å². The van der Waals surface area contributed by atoms with Crippen LogP contribution in [0.3, 0.4) is 0 Å². The van der Waals surface area contributed by atoms with Gasteiger partial charge in [0, 0.05) is 29.1 Å². The molecular formula is C16H12N2. The zero-order valence-electron chi connectivity index (χ0n) is 9.85. The number of hydrogen-bond donors (Lipinski definition) is 1. The van der Waals surface area contributed by atoms with Crippen LogP contribution >= 0.6 is 0 Å². The molecule has 0 spiro atoms. The van der Waals surface area contributed by atoms with Crippen molar-refractivity contribution in [3.63, 3.8) is 0 Å². The van der Waals surface area contributed by atoms with E-state index in [2.05, 4.69) is 23.4 Å². The number of nitrogens with one attached hydrogen (secondary N) is 1. The molecule has 2 rings (SSSR count). The standard InChI is InChI=1S/C16H12N2/c1-13(9-10-14-6-3-2-4-7-14)16(17)15-8-5-11-18-12-15/h2-8,11-12,17H,1H2. The van der Waals surface area contributed by atoms with Gasteiger partial charge in [0.05, 0.1) is 5.71 Å². The second kappa shape index (κ2) is 5.60. The molecule has 0 aliphatic carbocycles. The van der Waals surface area contributed by atoms with Gasteiger partial charge in [0.1, 0.15) is 0 Å². The van der Waals surface area contributed by atoms with Crippen LogP contribution in [0.15, 0.2) is 67.0 Å². The Morgan fingerprint density at radius 2 is 1.89 bits per heavy atom. The number of rotatable bonds is 2. The molecule has 1 heterocycles. The molecular weight excluding hydrogens is 220 g/mol. The summed E-state index contributed by atoms with van der Waals surface area (Å²) in [7, 11) is 0. The molecule has 0 amide bonds. The fraction of sp³-hybridized carbons (Fsp3) is 0. The number of aromatic nitrogens is 1. The minimum Gasteiger partial charge on any atom is -0.299 e. The summed E-state index contributed by atoms with van der Waals surface area (Å²) in [6, 6.07) is 13.3. The molecule has 18 heavy (non-hydrogen) atoms. The zero-order chi connectivity index (χ0) is 12.8. The second-order valence-corrected chi connectivity index (χ2v) is 3.71. The maximum absolute atomic E-state index is 7.96. The predicted octanol–water partition coefficient (Wildman–Crippen LogP) is 3.06. The van der Waals surface area contributed by atoms with Gasteiger partial charge in [-0.25, -0.2) is 0 Å². The highest BCUT2D eigenvalue weighted by molar-refractivity contribution is 6.12. The highest BCUT2D eigenvalue weighted by Crippen LogP contribution is 2.04. The Labute approximate surface area is 107 Å². The molecule has 1 aromatic heterocycles. The Bertz CT molecular complexity index is 616. The molecule has 0 saturated carbocycles. The first-order valence-corrected chi connectivity index (χ1v) is 5.52. The molecule has 1 N–H and O–H groups in total. The Morgan fingerprint density at radius 3 is 2.56 bits per heavy atom. The molecule has 0 radical (unpaired) electrons. The Balaban J connectivity index is 2.15. The minimum atomic E-state index is 0.312. The molecule has 0 bridgehead atoms. The van der Waals surface area contributed by atoms with Gasteiger partial charge < -0.3 is 0 Å². The topological polar surface area (TPSA) is 36.7 Å². The van der Waals surface area contributed by atoms with Crippen molar-refractivity contribution >= 4 is 5.71 Å². The van der Waals surface area contributed by atoms with E-state index in [1.807, 2.05) is 36.4 Å². The van der Waals surface area contributed by atoms with E-state index in [0.717, 1.165) is 11.1 Å². The van der Waals surface area contributed by atoms with Gasteiger partial charge >= 0.3 is 0 Å². The third-order valence-electron chi connectivity index (χ3n) is 2.38. The molecule has 0 aliphatic rings. The van der Waals surface area contributed by atoms with Crippen LogP contribution in [0.1, 0.15) is 11.1 Å². The predicted molar refractivity (Wildman–Crippen MR) is 73.5 cm³/mol. The van der Waals surface area contributed by atoms with Gasteiger partial charge in [-0.15, -0.1) is 0 Å². The average Bonchev–Trinajstić information content (AvgIpc) is 2.46. The molecule has 0 aliphatic heterocycles. The summed E-state index contributed by atoms with van der Waals surface area (Å²) in [6.45, 7) is 3.82. The van der Waals surface area contributed by atoms with E-state index in [1.165, 1.54) is 0 Å². The average molecular weight is 232 g/mol. The van der Waals surface area contributed by atoms with Crippen molar-refractivity contribution < 1.29 is 0 Å². The zero-order valence-corrected chi connectivity index (χ0v) is 9.85. The van der Waals surface area contributed by atoms with Crippen molar-refractivity contribution in [2.45, 2.75) is 0 Å². The van der Waals surface area contributed by atoms with Crippen LogP contribution in [0.4, 0.5) is 0 Å². The van der Waals surface area contributed by atoms with E-state index in [9.17, 15) is 0 Å². The Kier molecular flexibility index (Phi) is 3.68. The Hall–Kier alpha value is -2.66. The maximum atomic E-state index is 7.96. The summed E-state index contributed by atoms with van der Waals surface area (Å²) in [5, 5.41) is 7.96. The Morgan fingerprint density at radius 1 is 1.11 bits per heavy atom. The summed E-state index contributed by atoms with van der Waals surface area (Å²) >= 11 is 0. The van der Waals surface area contributed by atoms with Crippen LogP contribution in [0.2, 0.25) is 0 Å². The SMILES string of the molecule is C=C(C#Cc1ccccc1)C(=N)c1cccnc1. The molecule has 2 aromatic rings. The first-order valence-electron chi connectivity index (χ1n) is 5.52. The van der Waals surface area contributed by atoms with Crippen molar-refractivity contribution in [1.82, 2.24) is 4.98 Å². The highest BCUT2D eigenvalue weighted by Gasteiger charge is 2.02. The molecule has 0 unspecified atom stereocenters. The first kappa shape index (κ1) is 11.8. The largest absolute Gasteiger partial charge is 0.299 e. The summed E-state index contributed by atoms with van der Waals surface area (Å²) in [5.41, 5.74) is 2.45. The van der Waals surface area contributed by atoms with Crippen LogP contribution in [0, 0.1) is 17.3 Å². The third-order valence-corrected chi connectivity index (χ3v) is 2.38. The number of nitrogens with zero attached hydrogens (tertiary/aromatic N) is 1. The number of allylic oxidation sites excluding steroid dienone is 1. The smallest absolute Gasteiger partial charge is 0.0778 e. The molecule has 86 valence electrons. The quantitative estimate of drug-likeness (QED) is 0.627. The highest BCUT2D eigenvalue weighted by atomic mass is 14.6. The lowest BCUT2D eigenvalue weighted by atomic mass is 10.1. The van der Waals surface area contributed by atoms with Crippen LogP contribution in [-0.2, 0) is 0 Å². The van der Waals surface area contributed by atoms with Crippen molar-refractivity contribution in [2.24, 2.45) is 0 Å². The molecule has 0 saturated heterocycles. The van der Waals surface area contributed by atoms with Gasteiger partial charge in [-0.05, 0) is 24.3 Å². The summed E-state index contributed by atoms with van der Waals surface area (Å²) in [6.07, 6.45) is 3.31. The molecule has 2 nitrogen and oxygen atoms in total. The van der Waals surface area contributed by atoms with Crippen LogP contribution in [-0.4, -0.2) is 10.7 Å². The number of benzene rings is 1. The third kappa shape index (κ3) is 2.93. The van der Waals surface area contributed by atoms with E-state index in [-0.39, 0.29) is 0 Å². The monoisotopic (exact) mass is 232 g/mol. The van der Waals surface area contributed by atoms with Crippen molar-refractivity contribution in [3.8, 4) is 11.8 Å². The summed E-state index contributed by atoms with van der Waals surface area (Å²) in [5.74, 6) is 5.88. The second-order valence-electron chi connectivity index (χ2n) is 3.71. The van der Waals surface area contributed by atoms with Crippen LogP contribution in [0.5, 0.6) is 0 Å². The van der Waals surface area contributed by atoms with E-state index < -0.39 is 0 Å². The van der Waals surface area contributed by atoms with E-state index in [1.54, 1.807) is 18.5 Å². The van der Waals surface area contributed by atoms with E-state index >= 15 is 0 Å². The van der Waals surface area contributed by atoms with Gasteiger partial charge in [-0.3, -0.25) is 10.4 Å². The molecule has 0 atom stereocenters. The fourth-order valence-electron chi connectivity index (χ4n) is 1.42. The van der Waals surface area contributed by atoms with Crippen LogP contribution < -0.4 is 0 Å². The van der Waals surface area contributed by atoms with E-state index in [0.29, 0.717) is 11.3 Å². The molecule has 1 aromatic carbocycles. The van der Waals surface area contributed by atoms with E-state index in [4.69, 9.17) is 5.41 Å². The van der Waals surface area contributed by atoms with Crippen molar-refractivity contribution in [3.05, 3.63) is 78.1 Å². The van der Waals surface area contributed by atoms with Gasteiger partial charge in [0.2, 0.25) is 0 Å². The normalized spacial score (nSPS) is 9.11. The number of pyridine rings is 1. The molecule has 2 heteroatoms.